The smallest absolute Gasteiger partial charge is 0.266 e. The number of carbonyl (C=O) groups excluding carboxylic acids is 1. The van der Waals surface area contributed by atoms with Crippen molar-refractivity contribution in [3.8, 4) is 0 Å². The highest BCUT2D eigenvalue weighted by Gasteiger charge is 2.36. The molecule has 5 nitrogen and oxygen atoms in total. The number of anilines is 1. The Hall–Kier alpha value is -1.66. The molecule has 20 heavy (non-hydrogen) atoms. The molecule has 0 saturated carbocycles. The lowest BCUT2D eigenvalue weighted by Gasteiger charge is -2.31. The van der Waals surface area contributed by atoms with Gasteiger partial charge in [0, 0.05) is 24.7 Å². The Morgan fingerprint density at radius 1 is 1.40 bits per heavy atom. The maximum absolute atomic E-state index is 12.7. The number of hydrogen-bond donors (Lipinski definition) is 1. The number of hydrogen-bond acceptors (Lipinski definition) is 5. The summed E-state index contributed by atoms with van der Waals surface area (Å²) in [4.78, 5) is 20.3. The van der Waals surface area contributed by atoms with Crippen molar-refractivity contribution < 1.29 is 9.53 Å². The number of ether oxygens (including phenoxy) is 1. The molecule has 1 amide bonds. The Balaban J connectivity index is 1.68. The summed E-state index contributed by atoms with van der Waals surface area (Å²) in [6.45, 7) is 1.35. The van der Waals surface area contributed by atoms with Crippen LogP contribution >= 0.6 is 11.3 Å². The molecule has 2 bridgehead atoms. The van der Waals surface area contributed by atoms with Gasteiger partial charge in [-0.05, 0) is 25.0 Å². The standard InChI is InChI=1S/C14H15N3O2S/c15-11-10-2-1-5-16-13(10)20-12(11)14(18)17-6-8-3-4-9(7-17)19-8/h1-2,5,8-9H,3-4,6-7,15H2. The van der Waals surface area contributed by atoms with Crippen molar-refractivity contribution in [1.29, 1.82) is 0 Å². The maximum Gasteiger partial charge on any atom is 0.266 e. The van der Waals surface area contributed by atoms with E-state index in [0.717, 1.165) is 23.1 Å². The monoisotopic (exact) mass is 289 g/mol. The van der Waals surface area contributed by atoms with Gasteiger partial charge in [0.1, 0.15) is 9.71 Å². The van der Waals surface area contributed by atoms with Crippen molar-refractivity contribution in [3.05, 3.63) is 23.2 Å². The summed E-state index contributed by atoms with van der Waals surface area (Å²) >= 11 is 1.38. The molecule has 2 N–H and O–H groups in total. The molecule has 4 rings (SSSR count). The zero-order valence-corrected chi connectivity index (χ0v) is 11.7. The number of carbonyl (C=O) groups is 1. The van der Waals surface area contributed by atoms with Crippen LogP contribution in [0, 0.1) is 0 Å². The number of nitrogens with zero attached hydrogens (tertiary/aromatic N) is 2. The summed E-state index contributed by atoms with van der Waals surface area (Å²) < 4.78 is 5.77. The van der Waals surface area contributed by atoms with E-state index in [4.69, 9.17) is 10.5 Å². The normalized spacial score (nSPS) is 25.3. The fourth-order valence-corrected chi connectivity index (χ4v) is 4.07. The Labute approximate surface area is 120 Å². The third kappa shape index (κ3) is 1.79. The van der Waals surface area contributed by atoms with Gasteiger partial charge in [0.25, 0.3) is 5.91 Å². The van der Waals surface area contributed by atoms with Crippen molar-refractivity contribution in [3.63, 3.8) is 0 Å². The summed E-state index contributed by atoms with van der Waals surface area (Å²) in [6, 6.07) is 3.75. The van der Waals surface area contributed by atoms with E-state index in [1.54, 1.807) is 6.20 Å². The first-order chi connectivity index (χ1) is 9.72. The maximum atomic E-state index is 12.7. The fourth-order valence-electron chi connectivity index (χ4n) is 3.03. The van der Waals surface area contributed by atoms with Gasteiger partial charge in [0.05, 0.1) is 17.9 Å². The number of nitrogens with two attached hydrogens (primary N) is 1. The number of thiophene rings is 1. The average molecular weight is 289 g/mol. The van der Waals surface area contributed by atoms with Crippen LogP contribution in [0.3, 0.4) is 0 Å². The first kappa shape index (κ1) is 12.1. The SMILES string of the molecule is Nc1c(C(=O)N2CC3CCC(C2)O3)sc2ncccc12. The predicted octanol–water partition coefficient (Wildman–Crippen LogP) is 1.88. The zero-order valence-electron chi connectivity index (χ0n) is 10.9. The van der Waals surface area contributed by atoms with Gasteiger partial charge >= 0.3 is 0 Å². The van der Waals surface area contributed by atoms with E-state index in [-0.39, 0.29) is 18.1 Å². The fraction of sp³-hybridized carbons (Fsp3) is 0.429. The summed E-state index contributed by atoms with van der Waals surface area (Å²) in [5.41, 5.74) is 6.68. The number of amides is 1. The van der Waals surface area contributed by atoms with E-state index in [9.17, 15) is 4.79 Å². The van der Waals surface area contributed by atoms with Crippen LogP contribution in [0.25, 0.3) is 10.2 Å². The average Bonchev–Trinajstić information content (AvgIpc) is 2.99. The van der Waals surface area contributed by atoms with Crippen LogP contribution < -0.4 is 5.73 Å². The van der Waals surface area contributed by atoms with Crippen molar-refractivity contribution in [2.75, 3.05) is 18.8 Å². The van der Waals surface area contributed by atoms with Crippen molar-refractivity contribution in [2.45, 2.75) is 25.0 Å². The van der Waals surface area contributed by atoms with Crippen LogP contribution in [-0.4, -0.2) is 41.1 Å². The number of pyridine rings is 1. The molecule has 2 saturated heterocycles. The molecule has 0 radical (unpaired) electrons. The highest BCUT2D eigenvalue weighted by Crippen LogP contribution is 2.34. The van der Waals surface area contributed by atoms with Crippen LogP contribution in [0.5, 0.6) is 0 Å². The van der Waals surface area contributed by atoms with E-state index in [1.807, 2.05) is 17.0 Å². The van der Waals surface area contributed by atoms with Gasteiger partial charge in [0.15, 0.2) is 0 Å². The second kappa shape index (κ2) is 4.43. The third-order valence-corrected chi connectivity index (χ3v) is 5.15. The van der Waals surface area contributed by atoms with Gasteiger partial charge in [0.2, 0.25) is 0 Å². The minimum Gasteiger partial charge on any atom is -0.397 e. The zero-order chi connectivity index (χ0) is 13.7. The van der Waals surface area contributed by atoms with Crippen LogP contribution in [-0.2, 0) is 4.74 Å². The molecular weight excluding hydrogens is 274 g/mol. The molecule has 2 fully saturated rings. The Kier molecular flexibility index (Phi) is 2.68. The molecule has 2 aliphatic heterocycles. The van der Waals surface area contributed by atoms with Gasteiger partial charge in [-0.2, -0.15) is 0 Å². The third-order valence-electron chi connectivity index (χ3n) is 4.03. The summed E-state index contributed by atoms with van der Waals surface area (Å²) in [5, 5.41) is 0.872. The minimum atomic E-state index is 0.0192. The molecular formula is C14H15N3O2S. The van der Waals surface area contributed by atoms with Gasteiger partial charge in [-0.1, -0.05) is 0 Å². The second-order valence-corrected chi connectivity index (χ2v) is 6.37. The molecule has 2 unspecified atom stereocenters. The molecule has 0 spiro atoms. The van der Waals surface area contributed by atoms with E-state index in [0.29, 0.717) is 23.7 Å². The number of morpholine rings is 1. The number of rotatable bonds is 1. The highest BCUT2D eigenvalue weighted by atomic mass is 32.1. The molecule has 0 aliphatic carbocycles. The lowest BCUT2D eigenvalue weighted by atomic mass is 10.2. The molecule has 6 heteroatoms. The summed E-state index contributed by atoms with van der Waals surface area (Å²) in [7, 11) is 0. The van der Waals surface area contributed by atoms with Crippen molar-refractivity contribution in [1.82, 2.24) is 9.88 Å². The number of fused-ring (bicyclic) bond motifs is 3. The largest absolute Gasteiger partial charge is 0.397 e. The number of aromatic nitrogens is 1. The summed E-state index contributed by atoms with van der Waals surface area (Å²) in [5.74, 6) is 0.0192. The Morgan fingerprint density at radius 3 is 2.85 bits per heavy atom. The number of likely N-dealkylation sites (tertiary alicyclic amines) is 1. The second-order valence-electron chi connectivity index (χ2n) is 5.37. The number of nitrogen functional groups attached to an aromatic ring is 1. The van der Waals surface area contributed by atoms with Gasteiger partial charge < -0.3 is 15.4 Å². The van der Waals surface area contributed by atoms with Crippen LogP contribution in [0.15, 0.2) is 18.3 Å². The van der Waals surface area contributed by atoms with E-state index in [2.05, 4.69) is 4.98 Å². The molecule has 2 atom stereocenters. The highest BCUT2D eigenvalue weighted by molar-refractivity contribution is 7.21. The van der Waals surface area contributed by atoms with Crippen LogP contribution in [0.1, 0.15) is 22.5 Å². The molecule has 4 heterocycles. The topological polar surface area (TPSA) is 68.5 Å². The van der Waals surface area contributed by atoms with E-state index >= 15 is 0 Å². The first-order valence-electron chi connectivity index (χ1n) is 6.80. The quantitative estimate of drug-likeness (QED) is 0.870. The Morgan fingerprint density at radius 2 is 2.15 bits per heavy atom. The lowest BCUT2D eigenvalue weighted by Crippen LogP contribution is -2.45. The lowest BCUT2D eigenvalue weighted by molar-refractivity contribution is -0.0301. The molecule has 2 aliphatic rings. The predicted molar refractivity (Wildman–Crippen MR) is 77.8 cm³/mol. The molecule has 2 aromatic rings. The Bertz CT molecular complexity index is 672. The molecule has 104 valence electrons. The molecule has 0 aromatic carbocycles. The van der Waals surface area contributed by atoms with Crippen molar-refractivity contribution in [2.24, 2.45) is 0 Å². The van der Waals surface area contributed by atoms with Gasteiger partial charge in [-0.15, -0.1) is 11.3 Å². The summed E-state index contributed by atoms with van der Waals surface area (Å²) in [6.07, 6.45) is 4.23. The van der Waals surface area contributed by atoms with Crippen molar-refractivity contribution >= 4 is 33.1 Å². The first-order valence-corrected chi connectivity index (χ1v) is 7.62. The molecule has 2 aromatic heterocycles. The van der Waals surface area contributed by atoms with Gasteiger partial charge in [-0.3, -0.25) is 4.79 Å². The van der Waals surface area contributed by atoms with E-state index in [1.165, 1.54) is 11.3 Å². The minimum absolute atomic E-state index is 0.0192. The van der Waals surface area contributed by atoms with Crippen LogP contribution in [0.2, 0.25) is 0 Å². The van der Waals surface area contributed by atoms with Crippen LogP contribution in [0.4, 0.5) is 5.69 Å². The van der Waals surface area contributed by atoms with Gasteiger partial charge in [-0.25, -0.2) is 4.98 Å². The van der Waals surface area contributed by atoms with E-state index < -0.39 is 0 Å².